The molecule has 1 N–H and O–H groups in total. The zero-order chi connectivity index (χ0) is 25.3. The molecule has 0 radical (unpaired) electrons. The van der Waals surface area contributed by atoms with Gasteiger partial charge in [0.25, 0.3) is 5.56 Å². The number of fused-ring (bicyclic) bond motifs is 1. The van der Waals surface area contributed by atoms with Gasteiger partial charge in [0.05, 0.1) is 11.1 Å². The van der Waals surface area contributed by atoms with E-state index in [1.54, 1.807) is 11.3 Å². The standard InChI is InChI=1S/C28H30N6OS/c1-19-10-8-13-21-16-23(27(35)29-24(19)21)25(26-30-31-32-34(26)28(2,3)4)33(18-22-14-9-15-36-22)17-20-11-6-5-7-12-20/h5-16,25H,17-18H2,1-4H3,(H,29,35). The summed E-state index contributed by atoms with van der Waals surface area (Å²) in [6.45, 7) is 9.50. The number of nitrogens with zero attached hydrogens (tertiary/aromatic N) is 5. The third-order valence-corrected chi connectivity index (χ3v) is 7.18. The molecule has 7 nitrogen and oxygen atoms in total. The molecule has 5 rings (SSSR count). The van der Waals surface area contributed by atoms with E-state index in [1.807, 2.05) is 54.1 Å². The number of aromatic amines is 1. The molecule has 0 bridgehead atoms. The van der Waals surface area contributed by atoms with Crippen LogP contribution in [0.15, 0.2) is 76.9 Å². The van der Waals surface area contributed by atoms with Crippen molar-refractivity contribution in [1.82, 2.24) is 30.1 Å². The summed E-state index contributed by atoms with van der Waals surface area (Å²) in [7, 11) is 0. The zero-order valence-corrected chi connectivity index (χ0v) is 21.8. The largest absolute Gasteiger partial charge is 0.321 e. The molecule has 184 valence electrons. The monoisotopic (exact) mass is 498 g/mol. The van der Waals surface area contributed by atoms with Crippen molar-refractivity contribution in [2.75, 3.05) is 0 Å². The van der Waals surface area contributed by atoms with Crippen LogP contribution >= 0.6 is 11.3 Å². The molecule has 0 saturated carbocycles. The summed E-state index contributed by atoms with van der Waals surface area (Å²) in [5.74, 6) is 0.646. The average Bonchev–Trinajstić information content (AvgIpc) is 3.53. The van der Waals surface area contributed by atoms with E-state index >= 15 is 0 Å². The van der Waals surface area contributed by atoms with Crippen LogP contribution in [0.5, 0.6) is 0 Å². The van der Waals surface area contributed by atoms with Crippen molar-refractivity contribution < 1.29 is 0 Å². The number of hydrogen-bond acceptors (Lipinski definition) is 6. The van der Waals surface area contributed by atoms with Crippen LogP contribution in [0.2, 0.25) is 0 Å². The molecule has 8 heteroatoms. The lowest BCUT2D eigenvalue weighted by molar-refractivity contribution is 0.186. The Kier molecular flexibility index (Phi) is 6.55. The maximum atomic E-state index is 13.7. The molecule has 36 heavy (non-hydrogen) atoms. The van der Waals surface area contributed by atoms with Crippen molar-refractivity contribution in [3.63, 3.8) is 0 Å². The number of nitrogens with one attached hydrogen (secondary N) is 1. The predicted molar refractivity (Wildman–Crippen MR) is 144 cm³/mol. The Morgan fingerprint density at radius 2 is 1.83 bits per heavy atom. The molecule has 0 spiro atoms. The van der Waals surface area contributed by atoms with Gasteiger partial charge in [-0.1, -0.05) is 54.6 Å². The SMILES string of the molecule is Cc1cccc2cc(C(c3nnnn3C(C)(C)C)N(Cc3ccccc3)Cc3cccs3)c(=O)[nH]c12. The van der Waals surface area contributed by atoms with E-state index in [9.17, 15) is 4.79 Å². The van der Waals surface area contributed by atoms with Crippen LogP contribution in [0.1, 0.15) is 54.2 Å². The molecule has 0 amide bonds. The first-order chi connectivity index (χ1) is 17.3. The van der Waals surface area contributed by atoms with Crippen LogP contribution in [0.4, 0.5) is 0 Å². The van der Waals surface area contributed by atoms with Crippen LogP contribution in [0, 0.1) is 6.92 Å². The van der Waals surface area contributed by atoms with E-state index in [4.69, 9.17) is 0 Å². The summed E-state index contributed by atoms with van der Waals surface area (Å²) >= 11 is 1.70. The van der Waals surface area contributed by atoms with E-state index < -0.39 is 6.04 Å². The maximum absolute atomic E-state index is 13.7. The fourth-order valence-electron chi connectivity index (χ4n) is 4.60. The van der Waals surface area contributed by atoms with Gasteiger partial charge in [-0.3, -0.25) is 9.69 Å². The van der Waals surface area contributed by atoms with E-state index in [-0.39, 0.29) is 11.1 Å². The number of tetrazole rings is 1. The normalized spacial score (nSPS) is 12.9. The summed E-state index contributed by atoms with van der Waals surface area (Å²) < 4.78 is 1.84. The number of rotatable bonds is 7. The number of aromatic nitrogens is 5. The molecule has 0 saturated heterocycles. The molecule has 0 fully saturated rings. The third kappa shape index (κ3) is 4.87. The Morgan fingerprint density at radius 1 is 1.03 bits per heavy atom. The molecular weight excluding hydrogens is 468 g/mol. The van der Waals surface area contributed by atoms with Crippen molar-refractivity contribution in [2.45, 2.75) is 52.4 Å². The highest BCUT2D eigenvalue weighted by molar-refractivity contribution is 7.09. The molecule has 0 aliphatic carbocycles. The van der Waals surface area contributed by atoms with Crippen LogP contribution in [-0.2, 0) is 18.6 Å². The zero-order valence-electron chi connectivity index (χ0n) is 21.0. The summed E-state index contributed by atoms with van der Waals surface area (Å²) in [6, 6.07) is 22.1. The van der Waals surface area contributed by atoms with E-state index in [2.05, 4.69) is 75.8 Å². The first-order valence-corrected chi connectivity index (χ1v) is 12.9. The van der Waals surface area contributed by atoms with Gasteiger partial charge in [0.15, 0.2) is 5.82 Å². The quantitative estimate of drug-likeness (QED) is 0.324. The molecule has 1 unspecified atom stereocenters. The minimum atomic E-state index is -0.463. The summed E-state index contributed by atoms with van der Waals surface area (Å²) in [5.41, 5.74) is 3.18. The van der Waals surface area contributed by atoms with Gasteiger partial charge >= 0.3 is 0 Å². The molecular formula is C28H30N6OS. The lowest BCUT2D eigenvalue weighted by Gasteiger charge is -2.32. The van der Waals surface area contributed by atoms with Crippen LogP contribution in [0.3, 0.4) is 0 Å². The van der Waals surface area contributed by atoms with E-state index in [1.165, 1.54) is 4.88 Å². The lowest BCUT2D eigenvalue weighted by Crippen LogP contribution is -2.37. The summed E-state index contributed by atoms with van der Waals surface area (Å²) in [6.07, 6.45) is 0. The summed E-state index contributed by atoms with van der Waals surface area (Å²) in [4.78, 5) is 20.3. The van der Waals surface area contributed by atoms with Gasteiger partial charge in [-0.05, 0) is 72.1 Å². The molecule has 2 aromatic carbocycles. The van der Waals surface area contributed by atoms with Gasteiger partial charge in [0.2, 0.25) is 0 Å². The number of aryl methyl sites for hydroxylation is 1. The second-order valence-electron chi connectivity index (χ2n) is 10.1. The number of hydrogen-bond donors (Lipinski definition) is 1. The fraction of sp³-hybridized carbons (Fsp3) is 0.286. The minimum absolute atomic E-state index is 0.130. The Morgan fingerprint density at radius 3 is 2.56 bits per heavy atom. The summed E-state index contributed by atoms with van der Waals surface area (Å²) in [5, 5.41) is 16.0. The molecule has 3 heterocycles. The molecule has 3 aromatic heterocycles. The molecule has 0 aliphatic rings. The van der Waals surface area contributed by atoms with E-state index in [0.717, 1.165) is 22.0 Å². The van der Waals surface area contributed by atoms with Crippen molar-refractivity contribution in [2.24, 2.45) is 0 Å². The van der Waals surface area contributed by atoms with Gasteiger partial charge in [-0.25, -0.2) is 4.68 Å². The smallest absolute Gasteiger partial charge is 0.253 e. The second kappa shape index (κ2) is 9.79. The number of H-pyrrole nitrogens is 1. The highest BCUT2D eigenvalue weighted by atomic mass is 32.1. The Bertz CT molecular complexity index is 1520. The lowest BCUT2D eigenvalue weighted by atomic mass is 10.00. The van der Waals surface area contributed by atoms with Crippen LogP contribution < -0.4 is 5.56 Å². The van der Waals surface area contributed by atoms with E-state index in [0.29, 0.717) is 24.5 Å². The first-order valence-electron chi connectivity index (χ1n) is 12.0. The third-order valence-electron chi connectivity index (χ3n) is 6.32. The molecule has 5 aromatic rings. The Balaban J connectivity index is 1.73. The van der Waals surface area contributed by atoms with Crippen molar-refractivity contribution in [3.8, 4) is 0 Å². The predicted octanol–water partition coefficient (Wildman–Crippen LogP) is 5.43. The maximum Gasteiger partial charge on any atom is 0.253 e. The van der Waals surface area contributed by atoms with Crippen molar-refractivity contribution in [1.29, 1.82) is 0 Å². The first kappa shape index (κ1) is 24.1. The highest BCUT2D eigenvalue weighted by Gasteiger charge is 2.33. The van der Waals surface area contributed by atoms with Gasteiger partial charge in [0.1, 0.15) is 6.04 Å². The van der Waals surface area contributed by atoms with Gasteiger partial charge < -0.3 is 4.98 Å². The highest BCUT2D eigenvalue weighted by Crippen LogP contribution is 2.32. The number of thiophene rings is 1. The Labute approximate surface area is 214 Å². The average molecular weight is 499 g/mol. The number of pyridine rings is 1. The van der Waals surface area contributed by atoms with Gasteiger partial charge in [-0.15, -0.1) is 16.4 Å². The van der Waals surface area contributed by atoms with Gasteiger partial charge in [-0.2, -0.15) is 0 Å². The van der Waals surface area contributed by atoms with Crippen LogP contribution in [0.25, 0.3) is 10.9 Å². The fourth-order valence-corrected chi connectivity index (χ4v) is 5.33. The second-order valence-corrected chi connectivity index (χ2v) is 11.1. The minimum Gasteiger partial charge on any atom is -0.321 e. The Hall–Kier alpha value is -3.62. The van der Waals surface area contributed by atoms with Gasteiger partial charge in [0, 0.05) is 23.5 Å². The van der Waals surface area contributed by atoms with Crippen molar-refractivity contribution >= 4 is 22.2 Å². The molecule has 1 atom stereocenters. The van der Waals surface area contributed by atoms with Crippen LogP contribution in [-0.4, -0.2) is 30.1 Å². The topological polar surface area (TPSA) is 79.7 Å². The number of para-hydroxylation sites is 1. The number of benzene rings is 2. The molecule has 0 aliphatic heterocycles. The van der Waals surface area contributed by atoms with Crippen molar-refractivity contribution in [3.05, 3.63) is 110 Å².